The first-order valence-electron chi connectivity index (χ1n) is 6.87. The number of aryl methyl sites for hydroxylation is 2. The molecule has 1 heteroatoms. The zero-order valence-corrected chi connectivity index (χ0v) is 11.0. The van der Waals surface area contributed by atoms with E-state index in [0.717, 1.165) is 12.8 Å². The zero-order valence-electron chi connectivity index (χ0n) is 11.0. The summed E-state index contributed by atoms with van der Waals surface area (Å²) in [6, 6.07) is 17.2. The van der Waals surface area contributed by atoms with Crippen molar-refractivity contribution in [3.8, 4) is 0 Å². The molecular weight excluding hydrogens is 232 g/mol. The monoisotopic (exact) mass is 250 g/mol. The molecule has 2 aromatic carbocycles. The number of benzene rings is 2. The maximum absolute atomic E-state index is 9.12. The van der Waals surface area contributed by atoms with Gasteiger partial charge < -0.3 is 5.11 Å². The molecule has 0 amide bonds. The molecule has 1 nitrogen and oxygen atoms in total. The third-order valence-electron chi connectivity index (χ3n) is 3.76. The Hall–Kier alpha value is -1.86. The first kappa shape index (κ1) is 12.2. The molecule has 19 heavy (non-hydrogen) atoms. The largest absolute Gasteiger partial charge is 0.396 e. The van der Waals surface area contributed by atoms with Crippen LogP contribution in [0.1, 0.15) is 28.7 Å². The van der Waals surface area contributed by atoms with Gasteiger partial charge in [0.15, 0.2) is 0 Å². The molecule has 0 saturated heterocycles. The summed E-state index contributed by atoms with van der Waals surface area (Å²) in [5, 5.41) is 9.12. The van der Waals surface area contributed by atoms with E-state index >= 15 is 0 Å². The van der Waals surface area contributed by atoms with Gasteiger partial charge in [0.25, 0.3) is 0 Å². The average Bonchev–Trinajstić information content (AvgIpc) is 2.62. The second kappa shape index (κ2) is 5.41. The van der Waals surface area contributed by atoms with Crippen LogP contribution in [0.25, 0.3) is 5.57 Å². The molecule has 1 N–H and O–H groups in total. The van der Waals surface area contributed by atoms with E-state index < -0.39 is 0 Å². The van der Waals surface area contributed by atoms with E-state index in [9.17, 15) is 0 Å². The molecule has 0 aromatic heterocycles. The second-order valence-corrected chi connectivity index (χ2v) is 4.94. The van der Waals surface area contributed by atoms with Crippen LogP contribution in [-0.4, -0.2) is 11.7 Å². The standard InChI is InChI=1S/C18H18O/c19-13-5-10-18-16-8-3-1-6-14(16)11-12-15-7-2-4-9-17(15)18/h1-4,6-10,19H,5,11-13H2. The van der Waals surface area contributed by atoms with Crippen LogP contribution in [0.15, 0.2) is 54.6 Å². The van der Waals surface area contributed by atoms with E-state index in [4.69, 9.17) is 5.11 Å². The van der Waals surface area contributed by atoms with Gasteiger partial charge in [-0.05, 0) is 47.1 Å². The Morgan fingerprint density at radius 3 is 1.89 bits per heavy atom. The van der Waals surface area contributed by atoms with Gasteiger partial charge >= 0.3 is 0 Å². The van der Waals surface area contributed by atoms with E-state index in [0.29, 0.717) is 6.42 Å². The van der Waals surface area contributed by atoms with Gasteiger partial charge in [-0.25, -0.2) is 0 Å². The molecule has 0 radical (unpaired) electrons. The lowest BCUT2D eigenvalue weighted by atomic mass is 9.93. The number of aliphatic hydroxyl groups excluding tert-OH is 1. The van der Waals surface area contributed by atoms with E-state index in [-0.39, 0.29) is 6.61 Å². The smallest absolute Gasteiger partial charge is 0.0465 e. The van der Waals surface area contributed by atoms with Crippen molar-refractivity contribution in [2.24, 2.45) is 0 Å². The first-order valence-corrected chi connectivity index (χ1v) is 6.87. The lowest BCUT2D eigenvalue weighted by Gasteiger charge is -2.11. The molecule has 0 spiro atoms. The first-order chi connectivity index (χ1) is 9.40. The van der Waals surface area contributed by atoms with Crippen molar-refractivity contribution in [2.75, 3.05) is 6.61 Å². The highest BCUT2D eigenvalue weighted by Gasteiger charge is 2.16. The number of hydrogen-bond acceptors (Lipinski definition) is 1. The highest BCUT2D eigenvalue weighted by atomic mass is 16.2. The van der Waals surface area contributed by atoms with Crippen molar-refractivity contribution in [3.63, 3.8) is 0 Å². The van der Waals surface area contributed by atoms with Gasteiger partial charge in [0.05, 0.1) is 0 Å². The maximum atomic E-state index is 9.12. The fourth-order valence-electron chi connectivity index (χ4n) is 2.85. The van der Waals surface area contributed by atoms with Gasteiger partial charge in [0, 0.05) is 6.61 Å². The molecule has 1 aliphatic rings. The topological polar surface area (TPSA) is 20.2 Å². The van der Waals surface area contributed by atoms with Gasteiger partial charge in [-0.15, -0.1) is 0 Å². The summed E-state index contributed by atoms with van der Waals surface area (Å²) in [6.45, 7) is 0.202. The summed E-state index contributed by atoms with van der Waals surface area (Å²) in [5.74, 6) is 0. The molecule has 0 bridgehead atoms. The van der Waals surface area contributed by atoms with E-state index in [1.807, 2.05) is 0 Å². The third-order valence-corrected chi connectivity index (χ3v) is 3.76. The molecule has 0 unspecified atom stereocenters. The lowest BCUT2D eigenvalue weighted by Crippen LogP contribution is -1.93. The van der Waals surface area contributed by atoms with E-state index in [1.165, 1.54) is 27.8 Å². The van der Waals surface area contributed by atoms with Crippen LogP contribution in [0.4, 0.5) is 0 Å². The minimum atomic E-state index is 0.202. The minimum Gasteiger partial charge on any atom is -0.396 e. The number of fused-ring (bicyclic) bond motifs is 2. The molecule has 1 aliphatic carbocycles. The number of aliphatic hydroxyl groups is 1. The summed E-state index contributed by atoms with van der Waals surface area (Å²) >= 11 is 0. The molecule has 96 valence electrons. The van der Waals surface area contributed by atoms with Gasteiger partial charge in [-0.3, -0.25) is 0 Å². The Bertz CT molecular complexity index is 561. The predicted molar refractivity (Wildman–Crippen MR) is 79.1 cm³/mol. The molecule has 0 saturated carbocycles. The lowest BCUT2D eigenvalue weighted by molar-refractivity contribution is 0.303. The summed E-state index contributed by atoms with van der Waals surface area (Å²) in [5.41, 5.74) is 6.73. The Morgan fingerprint density at radius 1 is 0.842 bits per heavy atom. The van der Waals surface area contributed by atoms with Crippen molar-refractivity contribution in [3.05, 3.63) is 76.9 Å². The van der Waals surface area contributed by atoms with Crippen molar-refractivity contribution in [1.29, 1.82) is 0 Å². The quantitative estimate of drug-likeness (QED) is 0.863. The molecule has 0 heterocycles. The van der Waals surface area contributed by atoms with Crippen LogP contribution in [0, 0.1) is 0 Å². The van der Waals surface area contributed by atoms with Crippen LogP contribution in [-0.2, 0) is 12.8 Å². The Labute approximate surface area is 114 Å². The molecule has 3 rings (SSSR count). The Kier molecular flexibility index (Phi) is 3.47. The Balaban J connectivity index is 2.19. The number of hydrogen-bond donors (Lipinski definition) is 1. The maximum Gasteiger partial charge on any atom is 0.0465 e. The molecule has 0 fully saturated rings. The normalized spacial score (nSPS) is 13.4. The fourth-order valence-corrected chi connectivity index (χ4v) is 2.85. The SMILES string of the molecule is OCCC=C1c2ccccc2CCc2ccccc21. The second-order valence-electron chi connectivity index (χ2n) is 4.94. The summed E-state index contributed by atoms with van der Waals surface area (Å²) < 4.78 is 0. The summed E-state index contributed by atoms with van der Waals surface area (Å²) in [6.07, 6.45) is 5.05. The highest BCUT2D eigenvalue weighted by molar-refractivity contribution is 5.83. The molecule has 2 aromatic rings. The van der Waals surface area contributed by atoms with Crippen LogP contribution in [0.3, 0.4) is 0 Å². The van der Waals surface area contributed by atoms with Crippen LogP contribution in [0.2, 0.25) is 0 Å². The van der Waals surface area contributed by atoms with Crippen LogP contribution < -0.4 is 0 Å². The summed E-state index contributed by atoms with van der Waals surface area (Å²) in [7, 11) is 0. The van der Waals surface area contributed by atoms with Crippen molar-refractivity contribution in [1.82, 2.24) is 0 Å². The van der Waals surface area contributed by atoms with Crippen molar-refractivity contribution in [2.45, 2.75) is 19.3 Å². The van der Waals surface area contributed by atoms with Crippen LogP contribution >= 0.6 is 0 Å². The highest BCUT2D eigenvalue weighted by Crippen LogP contribution is 2.33. The third kappa shape index (κ3) is 2.34. The van der Waals surface area contributed by atoms with Crippen LogP contribution in [0.5, 0.6) is 0 Å². The zero-order chi connectivity index (χ0) is 13.1. The molecule has 0 aliphatic heterocycles. The average molecular weight is 250 g/mol. The number of rotatable bonds is 2. The van der Waals surface area contributed by atoms with Gasteiger partial charge in [0.1, 0.15) is 0 Å². The van der Waals surface area contributed by atoms with Crippen molar-refractivity contribution < 1.29 is 5.11 Å². The molecular formula is C18H18O. The van der Waals surface area contributed by atoms with Gasteiger partial charge in [0.2, 0.25) is 0 Å². The van der Waals surface area contributed by atoms with Gasteiger partial charge in [-0.2, -0.15) is 0 Å². The minimum absolute atomic E-state index is 0.202. The van der Waals surface area contributed by atoms with E-state index in [2.05, 4.69) is 54.6 Å². The summed E-state index contributed by atoms with van der Waals surface area (Å²) in [4.78, 5) is 0. The predicted octanol–water partition coefficient (Wildman–Crippen LogP) is 3.60. The Morgan fingerprint density at radius 2 is 1.37 bits per heavy atom. The van der Waals surface area contributed by atoms with Crippen molar-refractivity contribution >= 4 is 5.57 Å². The molecule has 0 atom stereocenters. The van der Waals surface area contributed by atoms with E-state index in [1.54, 1.807) is 0 Å². The van der Waals surface area contributed by atoms with Gasteiger partial charge in [-0.1, -0.05) is 54.6 Å². The fraction of sp³-hybridized carbons (Fsp3) is 0.222.